The molecule has 150 valence electrons. The Kier molecular flexibility index (Phi) is 7.00. The van der Waals surface area contributed by atoms with Crippen LogP contribution in [0.15, 0.2) is 66.9 Å². The van der Waals surface area contributed by atoms with E-state index in [9.17, 15) is 9.59 Å². The molecule has 0 saturated heterocycles. The lowest BCUT2D eigenvalue weighted by atomic mass is 10.2. The number of carbonyl (C=O) groups excluding carboxylic acids is 2. The van der Waals surface area contributed by atoms with E-state index in [2.05, 4.69) is 10.4 Å². The predicted octanol–water partition coefficient (Wildman–Crippen LogP) is 3.85. The van der Waals surface area contributed by atoms with Crippen LogP contribution in [0.4, 0.5) is 5.69 Å². The predicted molar refractivity (Wildman–Crippen MR) is 109 cm³/mol. The highest BCUT2D eigenvalue weighted by Gasteiger charge is 2.11. The van der Waals surface area contributed by atoms with Crippen LogP contribution in [0, 0.1) is 0 Å². The molecule has 29 heavy (non-hydrogen) atoms. The molecular weight excluding hydrogens is 370 g/mol. The number of nitrogens with one attached hydrogen (secondary N) is 1. The third kappa shape index (κ3) is 5.93. The van der Waals surface area contributed by atoms with E-state index in [-0.39, 0.29) is 11.6 Å². The van der Waals surface area contributed by atoms with Gasteiger partial charge in [0.2, 0.25) is 5.91 Å². The number of anilines is 1. The van der Waals surface area contributed by atoms with Crippen molar-refractivity contribution < 1.29 is 19.1 Å². The van der Waals surface area contributed by atoms with E-state index in [1.54, 1.807) is 36.0 Å². The minimum absolute atomic E-state index is 0.0712. The van der Waals surface area contributed by atoms with Crippen molar-refractivity contribution in [3.05, 3.63) is 72.6 Å². The van der Waals surface area contributed by atoms with E-state index >= 15 is 0 Å². The van der Waals surface area contributed by atoms with Gasteiger partial charge in [-0.25, -0.2) is 9.48 Å². The van der Waals surface area contributed by atoms with E-state index in [0.717, 1.165) is 11.4 Å². The lowest BCUT2D eigenvalue weighted by molar-refractivity contribution is -0.116. The van der Waals surface area contributed by atoms with Crippen molar-refractivity contribution >= 4 is 17.6 Å². The van der Waals surface area contributed by atoms with Crippen LogP contribution in [0.3, 0.4) is 0 Å². The van der Waals surface area contributed by atoms with Gasteiger partial charge in [0, 0.05) is 18.3 Å². The summed E-state index contributed by atoms with van der Waals surface area (Å²) in [5, 5.41) is 7.07. The van der Waals surface area contributed by atoms with Crippen LogP contribution in [0.25, 0.3) is 5.69 Å². The maximum absolute atomic E-state index is 12.1. The topological polar surface area (TPSA) is 82.5 Å². The standard InChI is InChI=1S/C22H23N3O4/c1-2-28-22(27)20-14-15-25(24-20)18-12-10-17(11-13-18)23-21(26)9-6-16-29-19-7-4-3-5-8-19/h3-5,7-8,10-15H,2,6,9,16H2,1H3,(H,23,26). The van der Waals surface area contributed by atoms with Crippen LogP contribution in [0.5, 0.6) is 5.75 Å². The summed E-state index contributed by atoms with van der Waals surface area (Å²) >= 11 is 0. The third-order valence-electron chi connectivity index (χ3n) is 4.05. The average molecular weight is 393 g/mol. The van der Waals surface area contributed by atoms with Crippen molar-refractivity contribution in [2.45, 2.75) is 19.8 Å². The lowest BCUT2D eigenvalue weighted by Gasteiger charge is -2.08. The van der Waals surface area contributed by atoms with E-state index in [4.69, 9.17) is 9.47 Å². The fraction of sp³-hybridized carbons (Fsp3) is 0.227. The fourth-order valence-electron chi connectivity index (χ4n) is 2.64. The summed E-state index contributed by atoms with van der Waals surface area (Å²) in [6, 6.07) is 18.3. The number of esters is 1. The molecule has 0 fully saturated rings. The molecule has 0 radical (unpaired) electrons. The molecule has 3 aromatic rings. The molecular formula is C22H23N3O4. The fourth-order valence-corrected chi connectivity index (χ4v) is 2.64. The Morgan fingerprint density at radius 1 is 1.03 bits per heavy atom. The minimum atomic E-state index is -0.452. The van der Waals surface area contributed by atoms with Gasteiger partial charge < -0.3 is 14.8 Å². The second-order valence-corrected chi connectivity index (χ2v) is 6.23. The summed E-state index contributed by atoms with van der Waals surface area (Å²) < 4.78 is 12.1. The zero-order chi connectivity index (χ0) is 20.5. The summed E-state index contributed by atoms with van der Waals surface area (Å²) in [7, 11) is 0. The van der Waals surface area contributed by atoms with E-state index in [0.29, 0.717) is 31.7 Å². The second kappa shape index (κ2) is 10.1. The van der Waals surface area contributed by atoms with Crippen molar-refractivity contribution in [1.82, 2.24) is 9.78 Å². The summed E-state index contributed by atoms with van der Waals surface area (Å²) in [6.45, 7) is 2.54. The summed E-state index contributed by atoms with van der Waals surface area (Å²) in [5.74, 6) is 0.276. The van der Waals surface area contributed by atoms with Crippen molar-refractivity contribution in [1.29, 1.82) is 0 Å². The number of ether oxygens (including phenoxy) is 2. The van der Waals surface area contributed by atoms with Gasteiger partial charge in [0.05, 0.1) is 18.9 Å². The van der Waals surface area contributed by atoms with Gasteiger partial charge in [-0.1, -0.05) is 18.2 Å². The molecule has 0 aliphatic heterocycles. The first-order valence-corrected chi connectivity index (χ1v) is 9.46. The zero-order valence-electron chi connectivity index (χ0n) is 16.2. The first-order chi connectivity index (χ1) is 14.2. The Morgan fingerprint density at radius 2 is 1.79 bits per heavy atom. The first kappa shape index (κ1) is 20.1. The number of para-hydroxylation sites is 1. The number of aromatic nitrogens is 2. The van der Waals surface area contributed by atoms with Gasteiger partial charge in [-0.05, 0) is 55.8 Å². The molecule has 7 nitrogen and oxygen atoms in total. The van der Waals surface area contributed by atoms with Gasteiger partial charge >= 0.3 is 5.97 Å². The van der Waals surface area contributed by atoms with E-state index < -0.39 is 5.97 Å². The van der Waals surface area contributed by atoms with Crippen LogP contribution in [0.2, 0.25) is 0 Å². The van der Waals surface area contributed by atoms with Gasteiger partial charge in [0.25, 0.3) is 0 Å². The molecule has 0 atom stereocenters. The van der Waals surface area contributed by atoms with Gasteiger partial charge in [0.15, 0.2) is 5.69 Å². The molecule has 0 bridgehead atoms. The number of amides is 1. The van der Waals surface area contributed by atoms with Crippen LogP contribution in [0.1, 0.15) is 30.3 Å². The van der Waals surface area contributed by atoms with Crippen molar-refractivity contribution in [3.8, 4) is 11.4 Å². The monoisotopic (exact) mass is 393 g/mol. The van der Waals surface area contributed by atoms with Crippen LogP contribution < -0.4 is 10.1 Å². The summed E-state index contributed by atoms with van der Waals surface area (Å²) in [6.07, 6.45) is 2.69. The molecule has 1 N–H and O–H groups in total. The molecule has 0 unspecified atom stereocenters. The van der Waals surface area contributed by atoms with Crippen molar-refractivity contribution in [3.63, 3.8) is 0 Å². The first-order valence-electron chi connectivity index (χ1n) is 9.46. The molecule has 0 spiro atoms. The Balaban J connectivity index is 1.46. The molecule has 3 rings (SSSR count). The number of hydrogen-bond acceptors (Lipinski definition) is 5. The Hall–Kier alpha value is -3.61. The normalized spacial score (nSPS) is 10.4. The maximum atomic E-state index is 12.1. The van der Waals surface area contributed by atoms with Gasteiger partial charge in [0.1, 0.15) is 5.75 Å². The van der Waals surface area contributed by atoms with Crippen LogP contribution in [-0.4, -0.2) is 34.9 Å². The number of rotatable bonds is 9. The summed E-state index contributed by atoms with van der Waals surface area (Å²) in [5.41, 5.74) is 1.72. The number of carbonyl (C=O) groups is 2. The van der Waals surface area contributed by atoms with Crippen molar-refractivity contribution in [2.24, 2.45) is 0 Å². The Morgan fingerprint density at radius 3 is 2.52 bits per heavy atom. The van der Waals surface area contributed by atoms with E-state index in [1.165, 1.54) is 0 Å². The maximum Gasteiger partial charge on any atom is 0.358 e. The largest absolute Gasteiger partial charge is 0.494 e. The molecule has 0 saturated carbocycles. The lowest BCUT2D eigenvalue weighted by Crippen LogP contribution is -2.13. The Bertz CT molecular complexity index is 936. The van der Waals surface area contributed by atoms with Crippen LogP contribution >= 0.6 is 0 Å². The van der Waals surface area contributed by atoms with E-state index in [1.807, 2.05) is 42.5 Å². The molecule has 0 aliphatic carbocycles. The number of nitrogens with zero attached hydrogens (tertiary/aromatic N) is 2. The highest BCUT2D eigenvalue weighted by atomic mass is 16.5. The third-order valence-corrected chi connectivity index (χ3v) is 4.05. The number of benzene rings is 2. The molecule has 1 aromatic heterocycles. The Labute approximate surface area is 169 Å². The molecule has 0 aliphatic rings. The second-order valence-electron chi connectivity index (χ2n) is 6.23. The summed E-state index contributed by atoms with van der Waals surface area (Å²) in [4.78, 5) is 23.8. The highest BCUT2D eigenvalue weighted by Crippen LogP contribution is 2.14. The smallest absolute Gasteiger partial charge is 0.358 e. The quantitative estimate of drug-likeness (QED) is 0.441. The zero-order valence-corrected chi connectivity index (χ0v) is 16.2. The van der Waals surface area contributed by atoms with Gasteiger partial charge in [-0.3, -0.25) is 4.79 Å². The highest BCUT2D eigenvalue weighted by molar-refractivity contribution is 5.90. The van der Waals surface area contributed by atoms with Gasteiger partial charge in [-0.15, -0.1) is 0 Å². The average Bonchev–Trinajstić information content (AvgIpc) is 3.23. The molecule has 1 heterocycles. The van der Waals surface area contributed by atoms with Crippen LogP contribution in [-0.2, 0) is 9.53 Å². The minimum Gasteiger partial charge on any atom is -0.494 e. The molecule has 2 aromatic carbocycles. The number of hydrogen-bond donors (Lipinski definition) is 1. The van der Waals surface area contributed by atoms with Crippen molar-refractivity contribution in [2.75, 3.05) is 18.5 Å². The molecule has 7 heteroatoms. The van der Waals surface area contributed by atoms with Gasteiger partial charge in [-0.2, -0.15) is 5.10 Å². The molecule has 1 amide bonds. The SMILES string of the molecule is CCOC(=O)c1ccn(-c2ccc(NC(=O)CCCOc3ccccc3)cc2)n1.